The molecule has 0 saturated carbocycles. The number of aryl methyl sites for hydroxylation is 3. The van der Waals surface area contributed by atoms with Crippen LogP contribution < -0.4 is 32.7 Å². The molecule has 0 unspecified atom stereocenters. The van der Waals surface area contributed by atoms with Crippen molar-refractivity contribution in [1.29, 1.82) is 0 Å². The molecule has 8 aromatic carbocycles. The van der Waals surface area contributed by atoms with Crippen LogP contribution in [-0.2, 0) is 25.7 Å². The van der Waals surface area contributed by atoms with Gasteiger partial charge in [0, 0.05) is 183 Å². The first-order valence-corrected chi connectivity index (χ1v) is 48.1. The number of benzene rings is 8. The van der Waals surface area contributed by atoms with E-state index in [2.05, 4.69) is 111 Å². The zero-order chi connectivity index (χ0) is 101. The van der Waals surface area contributed by atoms with Gasteiger partial charge in [0.1, 0.15) is 34.3 Å². The predicted octanol–water partition coefficient (Wildman–Crippen LogP) is 22.2. The lowest BCUT2D eigenvalue weighted by Crippen LogP contribution is -2.25. The Morgan fingerprint density at radius 1 is 0.301 bits per heavy atom. The summed E-state index contributed by atoms with van der Waals surface area (Å²) in [4.78, 5) is 136. The van der Waals surface area contributed by atoms with Gasteiger partial charge in [-0.25, -0.2) is 39.9 Å². The number of aromatic nitrogens is 19. The maximum Gasteiger partial charge on any atom is 0.263 e. The summed E-state index contributed by atoms with van der Waals surface area (Å²) in [5.41, 5.74) is 25.8. The third-order valence-electron chi connectivity index (χ3n) is 26.3. The second-order valence-electron chi connectivity index (χ2n) is 36.1. The summed E-state index contributed by atoms with van der Waals surface area (Å²) in [5.74, 6) is 2.83. The van der Waals surface area contributed by atoms with Crippen LogP contribution in [0.5, 0.6) is 5.75 Å². The van der Waals surface area contributed by atoms with Crippen molar-refractivity contribution in [2.45, 2.75) is 97.8 Å². The molecular weight excluding hydrogens is 1820 g/mol. The van der Waals surface area contributed by atoms with Crippen LogP contribution in [0.15, 0.2) is 379 Å². The summed E-state index contributed by atoms with van der Waals surface area (Å²) in [5, 5.41) is 7.79. The highest BCUT2D eigenvalue weighted by atomic mass is 16.5. The molecule has 4 atom stereocenters. The molecular formula is C120H98N20O6. The van der Waals surface area contributed by atoms with Gasteiger partial charge >= 0.3 is 0 Å². The van der Waals surface area contributed by atoms with Crippen LogP contribution in [0.3, 0.4) is 0 Å². The number of hydrogen-bond donors (Lipinski definition) is 1. The summed E-state index contributed by atoms with van der Waals surface area (Å²) in [6.07, 6.45) is 24.2. The van der Waals surface area contributed by atoms with Crippen molar-refractivity contribution in [2.24, 2.45) is 0 Å². The normalized spacial score (nSPS) is 12.1. The first kappa shape index (κ1) is 94.9. The Bertz CT molecular complexity index is 9130. The van der Waals surface area contributed by atoms with Crippen LogP contribution in [0.1, 0.15) is 125 Å². The molecule has 26 nitrogen and oxygen atoms in total. The molecule has 0 aliphatic rings. The molecule has 714 valence electrons. The van der Waals surface area contributed by atoms with Crippen molar-refractivity contribution in [3.8, 4) is 61.9 Å². The number of nitrogen functional groups attached to an aromatic ring is 1. The lowest BCUT2D eigenvalue weighted by molar-refractivity contribution is 0.112. The number of pyridine rings is 11. The molecule has 0 saturated heterocycles. The van der Waals surface area contributed by atoms with Gasteiger partial charge in [-0.15, -0.1) is 0 Å². The van der Waals surface area contributed by atoms with Gasteiger partial charge in [0.25, 0.3) is 22.2 Å². The molecule has 15 heterocycles. The number of hydrogen-bond acceptors (Lipinski definition) is 22. The van der Waals surface area contributed by atoms with Gasteiger partial charge in [0.2, 0.25) is 5.95 Å². The SMILES string of the molecule is COc1cncc(-c2cccc3cc([C@H](C)Cc4nc(C)nc5cccnc45)n(-c4ccccc4)c(=O)c23)c1.C[C@H](Cc1nccc2cccnc12)c1cc2cccc(-c3cnc(N)nc3)c2c(=O)n1-c1ccccc1.C[C@H](Cc1nccc2cccnc12)c1cc2cccc(C=O)c2c(=O)n1-c1ccccc1.Cc1ncc(-c2cccc3cc([C@H](C)Cc4nc(C)nc5cccnc45)n(-c4ccccc4)c(=O)c23)cn1. The van der Waals surface area contributed by atoms with E-state index >= 15 is 0 Å². The summed E-state index contributed by atoms with van der Waals surface area (Å²) < 4.78 is 12.6. The molecule has 26 heteroatoms. The number of anilines is 1. The molecule has 0 aliphatic carbocycles. The van der Waals surface area contributed by atoms with E-state index < -0.39 is 0 Å². The number of carbonyl (C=O) groups excluding carboxylic acids is 1. The summed E-state index contributed by atoms with van der Waals surface area (Å²) in [6, 6.07) is 91.7. The average Bonchev–Trinajstić information content (AvgIpc) is 0.754. The summed E-state index contributed by atoms with van der Waals surface area (Å²) in [6.45, 7) is 14.1. The minimum Gasteiger partial charge on any atom is -0.495 e. The first-order chi connectivity index (χ1) is 71.3. The van der Waals surface area contributed by atoms with Gasteiger partial charge in [0.15, 0.2) is 6.29 Å². The molecule has 15 aromatic heterocycles. The van der Waals surface area contributed by atoms with Gasteiger partial charge < -0.3 is 10.5 Å². The Morgan fingerprint density at radius 2 is 0.637 bits per heavy atom. The number of carbonyl (C=O) groups is 1. The number of nitrogens with two attached hydrogens (primary N) is 1. The molecule has 2 N–H and O–H groups in total. The van der Waals surface area contributed by atoms with E-state index in [9.17, 15) is 24.0 Å². The van der Waals surface area contributed by atoms with Crippen LogP contribution in [0.4, 0.5) is 5.95 Å². The quantitative estimate of drug-likeness (QED) is 0.0653. The molecule has 0 bridgehead atoms. The predicted molar refractivity (Wildman–Crippen MR) is 576 cm³/mol. The fraction of sp³-hybridized carbons (Fsp3) is 0.133. The van der Waals surface area contributed by atoms with Crippen molar-refractivity contribution in [2.75, 3.05) is 12.8 Å². The number of para-hydroxylation sites is 4. The standard InChI is InChI=1S/C32H27N5O2.C31H26N6O.C30H24N6O.C27H21N3O2/c1-20(15-28-31-27(13-8-14-34-31)35-21(2)36-28)29-17-22-9-7-12-26(23-16-25(39-3)19-33-18-23)30(22)32(38)37(29)24-10-5-4-6-11-24;1-19(15-27-30-26(13-8-14-32-30)35-21(3)36-27)28-16-22-9-7-12-25(23-17-33-20(2)34-18-23)29(22)31(38)37(28)24-10-5-4-6-11-24;1-19(15-25-28-20(12-14-32-25)8-6-13-33-28)26-16-21-7-5-11-24(22-17-34-30(31)35-18-22)27(21)29(37)36(26)23-9-3-2-4-10-23;1-18(15-23-26-19(12-14-28-23)9-6-13-29-26)24-16-20-7-5-8-21(17-31)25(20)27(32)30(24)22-10-3-2-4-11-22/h4-14,16-20H,15H2,1-3H3;4-14,16-19H,15H2,1-3H3;2-14,16-19H,15H2,1H3,(H2,31,34,35);2-14,16-18H,15H2,1H3/t20-;2*19-;18-/m1111/s1. The second-order valence-corrected chi connectivity index (χ2v) is 36.1. The third-order valence-corrected chi connectivity index (χ3v) is 26.3. The third kappa shape index (κ3) is 19.5. The molecule has 0 aliphatic heterocycles. The van der Waals surface area contributed by atoms with Crippen LogP contribution >= 0.6 is 0 Å². The van der Waals surface area contributed by atoms with E-state index in [4.69, 9.17) is 20.4 Å². The molecule has 23 aromatic rings. The minimum absolute atomic E-state index is 0.0130. The molecule has 23 rings (SSSR count). The maximum absolute atomic E-state index is 14.4. The Morgan fingerprint density at radius 3 is 1.02 bits per heavy atom. The van der Waals surface area contributed by atoms with Crippen LogP contribution in [-0.4, -0.2) is 106 Å². The number of methoxy groups -OCH3 is 1. The van der Waals surface area contributed by atoms with Crippen molar-refractivity contribution in [1.82, 2.24) is 93.0 Å². The van der Waals surface area contributed by atoms with E-state index in [0.29, 0.717) is 76.0 Å². The smallest absolute Gasteiger partial charge is 0.263 e. The van der Waals surface area contributed by atoms with Gasteiger partial charge in [-0.2, -0.15) is 0 Å². The van der Waals surface area contributed by atoms with E-state index in [-0.39, 0.29) is 51.9 Å². The minimum atomic E-state index is -0.192. The van der Waals surface area contributed by atoms with E-state index in [1.807, 2.05) is 302 Å². The van der Waals surface area contributed by atoms with E-state index in [1.165, 1.54) is 0 Å². The zero-order valence-electron chi connectivity index (χ0n) is 81.3. The van der Waals surface area contributed by atoms with Gasteiger partial charge in [0.05, 0.1) is 79.7 Å². The van der Waals surface area contributed by atoms with Crippen LogP contribution in [0.2, 0.25) is 0 Å². The number of aldehydes is 1. The summed E-state index contributed by atoms with van der Waals surface area (Å²) in [7, 11) is 1.61. The van der Waals surface area contributed by atoms with Gasteiger partial charge in [-0.3, -0.25) is 77.1 Å². The van der Waals surface area contributed by atoms with Gasteiger partial charge in [-0.1, -0.05) is 185 Å². The van der Waals surface area contributed by atoms with Crippen molar-refractivity contribution in [3.63, 3.8) is 0 Å². The second kappa shape index (κ2) is 42.0. The monoisotopic (exact) mass is 1910 g/mol. The van der Waals surface area contributed by atoms with Crippen molar-refractivity contribution >= 4 is 99.2 Å². The molecule has 0 fully saturated rings. The highest BCUT2D eigenvalue weighted by molar-refractivity contribution is 6.01. The zero-order valence-corrected chi connectivity index (χ0v) is 81.3. The number of nitrogens with zero attached hydrogens (tertiary/aromatic N) is 19. The largest absolute Gasteiger partial charge is 0.495 e. The number of fused-ring (bicyclic) bond motifs is 8. The van der Waals surface area contributed by atoms with Gasteiger partial charge in [-0.05, 0) is 199 Å². The number of ether oxygens (including phenoxy) is 1. The fourth-order valence-electron chi connectivity index (χ4n) is 19.5. The van der Waals surface area contributed by atoms with Crippen LogP contribution in [0, 0.1) is 20.8 Å². The first-order valence-electron chi connectivity index (χ1n) is 48.1. The highest BCUT2D eigenvalue weighted by Crippen LogP contribution is 2.38. The lowest BCUT2D eigenvalue weighted by atomic mass is 9.94. The Kier molecular flexibility index (Phi) is 27.3. The molecule has 0 spiro atoms. The molecule has 146 heavy (non-hydrogen) atoms. The summed E-state index contributed by atoms with van der Waals surface area (Å²) >= 11 is 0. The van der Waals surface area contributed by atoms with E-state index in [1.54, 1.807) is 85.9 Å². The fourth-order valence-corrected chi connectivity index (χ4v) is 19.5. The van der Waals surface area contributed by atoms with Crippen LogP contribution in [0.25, 0.3) is 143 Å². The lowest BCUT2D eigenvalue weighted by Gasteiger charge is -2.21. The topological polar surface area (TPSA) is 334 Å². The molecule has 0 amide bonds. The highest BCUT2D eigenvalue weighted by Gasteiger charge is 2.28. The molecule has 0 radical (unpaired) electrons. The Hall–Kier alpha value is -18.7. The number of rotatable bonds is 21. The average molecular weight is 1920 g/mol. The van der Waals surface area contributed by atoms with Crippen molar-refractivity contribution < 1.29 is 9.53 Å². The maximum atomic E-state index is 14.4. The Balaban J connectivity index is 0.000000119. The van der Waals surface area contributed by atoms with Crippen molar-refractivity contribution in [3.05, 3.63) is 469 Å². The Labute approximate surface area is 838 Å². The van der Waals surface area contributed by atoms with E-state index in [0.717, 1.165) is 173 Å².